The number of nitrogens with zero attached hydrogens (tertiary/aromatic N) is 8. The van der Waals surface area contributed by atoms with Gasteiger partial charge in [-0.05, 0) is 140 Å². The van der Waals surface area contributed by atoms with E-state index in [1.807, 2.05) is 47.8 Å². The second-order valence-corrected chi connectivity index (χ2v) is 17.2. The molecular formula is C38H44N8S4. The minimum atomic E-state index is 0.324. The van der Waals surface area contributed by atoms with Gasteiger partial charge in [0, 0.05) is 22.6 Å². The number of fused-ring (bicyclic) bond motifs is 2. The van der Waals surface area contributed by atoms with Gasteiger partial charge in [-0.3, -0.25) is 19.6 Å². The molecule has 12 heteroatoms. The molecule has 4 aromatic carbocycles. The molecule has 2 aromatic heterocycles. The summed E-state index contributed by atoms with van der Waals surface area (Å²) in [5.41, 5.74) is 9.09. The van der Waals surface area contributed by atoms with Crippen LogP contribution < -0.4 is 0 Å². The first-order valence-corrected chi connectivity index (χ1v) is 20.1. The number of benzene rings is 4. The number of azo groups is 1. The number of thiazole rings is 2. The average molecular weight is 741 g/mol. The third-order valence-electron chi connectivity index (χ3n) is 7.98. The van der Waals surface area contributed by atoms with Crippen LogP contribution in [0.4, 0.5) is 11.4 Å². The zero-order valence-corrected chi connectivity index (χ0v) is 33.1. The Hall–Kier alpha value is -3.20. The zero-order chi connectivity index (χ0) is 35.4. The van der Waals surface area contributed by atoms with Crippen molar-refractivity contribution in [2.45, 2.75) is 22.5 Å². The van der Waals surface area contributed by atoms with Gasteiger partial charge in [0.1, 0.15) is 21.0 Å². The summed E-state index contributed by atoms with van der Waals surface area (Å²) in [6, 6.07) is 29.6. The van der Waals surface area contributed by atoms with Crippen LogP contribution in [0, 0.1) is 0 Å². The Morgan fingerprint density at radius 2 is 0.880 bits per heavy atom. The molecule has 50 heavy (non-hydrogen) atoms. The first-order valence-electron chi connectivity index (χ1n) is 16.3. The molecule has 8 nitrogen and oxygen atoms in total. The van der Waals surface area contributed by atoms with Crippen molar-refractivity contribution < 1.29 is 0 Å². The Morgan fingerprint density at radius 1 is 0.520 bits per heavy atom. The Kier molecular flexibility index (Phi) is 12.0. The minimum absolute atomic E-state index is 0.324. The monoisotopic (exact) mass is 740 g/mol. The van der Waals surface area contributed by atoms with Crippen molar-refractivity contribution in [3.05, 3.63) is 96.1 Å². The fourth-order valence-electron chi connectivity index (χ4n) is 5.69. The molecule has 260 valence electrons. The van der Waals surface area contributed by atoms with Crippen LogP contribution in [-0.2, 0) is 11.5 Å². The second-order valence-electron chi connectivity index (χ2n) is 13.1. The standard InChI is InChI=1S/C38H44N8S4/c1-43(2)37(44(3)4)47-23-25-9-19-33-31(21-25)39-35(49-33)27-11-15-29(16-12-27)41-42-30-17-13-28(14-18-30)36-40-32-22-26(10-20-34(32)50-36)24-48-38(45(5)6)46(7)8/h9-22,37-38H,23-24H2,1-8H3. The van der Waals surface area contributed by atoms with Gasteiger partial charge in [-0.25, -0.2) is 9.97 Å². The molecule has 6 aromatic rings. The summed E-state index contributed by atoms with van der Waals surface area (Å²) in [6.07, 6.45) is 0. The van der Waals surface area contributed by atoms with E-state index in [9.17, 15) is 0 Å². The largest absolute Gasteiger partial charge is 0.286 e. The van der Waals surface area contributed by atoms with Crippen LogP contribution in [0.2, 0.25) is 0 Å². The Bertz CT molecular complexity index is 1890. The van der Waals surface area contributed by atoms with E-state index in [0.717, 1.165) is 55.1 Å². The van der Waals surface area contributed by atoms with E-state index >= 15 is 0 Å². The van der Waals surface area contributed by atoms with Crippen LogP contribution in [0.3, 0.4) is 0 Å². The van der Waals surface area contributed by atoms with Crippen molar-refractivity contribution in [1.29, 1.82) is 0 Å². The van der Waals surface area contributed by atoms with E-state index < -0.39 is 0 Å². The number of thioether (sulfide) groups is 2. The first kappa shape index (κ1) is 36.6. The maximum atomic E-state index is 4.97. The molecule has 0 saturated heterocycles. The molecular weight excluding hydrogens is 697 g/mol. The normalized spacial score (nSPS) is 12.5. The molecule has 0 aliphatic rings. The predicted molar refractivity (Wildman–Crippen MR) is 219 cm³/mol. The average Bonchev–Trinajstić information content (AvgIpc) is 3.71. The van der Waals surface area contributed by atoms with Crippen LogP contribution in [0.25, 0.3) is 41.6 Å². The molecule has 0 N–H and O–H groups in total. The third kappa shape index (κ3) is 8.99. The number of hydrogen-bond donors (Lipinski definition) is 0. The molecule has 0 aliphatic carbocycles. The lowest BCUT2D eigenvalue weighted by Crippen LogP contribution is -2.37. The van der Waals surface area contributed by atoms with Gasteiger partial charge < -0.3 is 0 Å². The van der Waals surface area contributed by atoms with E-state index in [1.54, 1.807) is 22.7 Å². The van der Waals surface area contributed by atoms with Gasteiger partial charge in [0.25, 0.3) is 0 Å². The molecule has 0 atom stereocenters. The van der Waals surface area contributed by atoms with E-state index in [-0.39, 0.29) is 0 Å². The summed E-state index contributed by atoms with van der Waals surface area (Å²) < 4.78 is 2.39. The van der Waals surface area contributed by atoms with E-state index in [0.29, 0.717) is 11.0 Å². The molecule has 2 heterocycles. The summed E-state index contributed by atoms with van der Waals surface area (Å²) >= 11 is 7.26. The number of rotatable bonds is 14. The SMILES string of the molecule is CN(C)C(SCc1ccc2sc(-c3ccc(N=Nc4ccc(-c5nc6cc(CSC(N(C)C)N(C)C)ccc6s5)cc4)cc3)nc2c1)N(C)C. The minimum Gasteiger partial charge on any atom is -0.286 e. The lowest BCUT2D eigenvalue weighted by molar-refractivity contribution is 0.211. The van der Waals surface area contributed by atoms with Crippen molar-refractivity contribution >= 4 is 78.0 Å². The van der Waals surface area contributed by atoms with E-state index in [4.69, 9.17) is 9.97 Å². The summed E-state index contributed by atoms with van der Waals surface area (Å²) in [7, 11) is 16.9. The van der Waals surface area contributed by atoms with Gasteiger partial charge in [-0.15, -0.1) is 46.2 Å². The fourth-order valence-corrected chi connectivity index (χ4v) is 9.83. The zero-order valence-electron chi connectivity index (χ0n) is 29.9. The number of aromatic nitrogens is 2. The Morgan fingerprint density at radius 3 is 1.22 bits per heavy atom. The highest BCUT2D eigenvalue weighted by Gasteiger charge is 2.16. The molecule has 0 unspecified atom stereocenters. The molecule has 0 saturated carbocycles. The Labute approximate surface area is 312 Å². The van der Waals surface area contributed by atoms with Crippen molar-refractivity contribution in [1.82, 2.24) is 29.6 Å². The van der Waals surface area contributed by atoms with Gasteiger partial charge >= 0.3 is 0 Å². The summed E-state index contributed by atoms with van der Waals surface area (Å²) in [6.45, 7) is 0. The third-order valence-corrected chi connectivity index (χ3v) is 13.4. The maximum Gasteiger partial charge on any atom is 0.124 e. The summed E-state index contributed by atoms with van der Waals surface area (Å²) in [5, 5.41) is 11.0. The highest BCUT2D eigenvalue weighted by Crippen LogP contribution is 2.35. The predicted octanol–water partition coefficient (Wildman–Crippen LogP) is 9.94. The molecule has 0 radical (unpaired) electrons. The molecule has 0 fully saturated rings. The summed E-state index contributed by atoms with van der Waals surface area (Å²) in [5.74, 6) is 1.87. The maximum absolute atomic E-state index is 4.97. The van der Waals surface area contributed by atoms with Gasteiger partial charge in [0.05, 0.1) is 31.8 Å². The molecule has 0 aliphatic heterocycles. The van der Waals surface area contributed by atoms with Crippen molar-refractivity contribution in [3.63, 3.8) is 0 Å². The van der Waals surface area contributed by atoms with Crippen LogP contribution in [0.5, 0.6) is 0 Å². The molecule has 6 rings (SSSR count). The topological polar surface area (TPSA) is 63.5 Å². The molecule has 0 bridgehead atoms. The second kappa shape index (κ2) is 16.4. The molecule has 0 amide bonds. The van der Waals surface area contributed by atoms with Crippen LogP contribution in [0.15, 0.2) is 95.2 Å². The van der Waals surface area contributed by atoms with Gasteiger partial charge in [0.2, 0.25) is 0 Å². The summed E-state index contributed by atoms with van der Waals surface area (Å²) in [4.78, 5) is 18.9. The van der Waals surface area contributed by atoms with Crippen molar-refractivity contribution in [2.75, 3.05) is 56.4 Å². The smallest absolute Gasteiger partial charge is 0.124 e. The van der Waals surface area contributed by atoms with Crippen LogP contribution >= 0.6 is 46.2 Å². The number of hydrogen-bond acceptors (Lipinski definition) is 12. The van der Waals surface area contributed by atoms with Crippen molar-refractivity contribution in [2.24, 2.45) is 10.2 Å². The Balaban J connectivity index is 1.07. The lowest BCUT2D eigenvalue weighted by Gasteiger charge is -2.29. The molecule has 0 spiro atoms. The fraction of sp³-hybridized carbons (Fsp3) is 0.316. The lowest BCUT2D eigenvalue weighted by atomic mass is 10.2. The van der Waals surface area contributed by atoms with Gasteiger partial charge in [0.15, 0.2) is 0 Å². The van der Waals surface area contributed by atoms with E-state index in [1.165, 1.54) is 20.5 Å². The van der Waals surface area contributed by atoms with Crippen LogP contribution in [-0.4, -0.2) is 96.9 Å². The van der Waals surface area contributed by atoms with Gasteiger partial charge in [-0.2, -0.15) is 10.2 Å². The van der Waals surface area contributed by atoms with Crippen molar-refractivity contribution in [3.8, 4) is 21.1 Å². The highest BCUT2D eigenvalue weighted by molar-refractivity contribution is 7.99. The first-order chi connectivity index (χ1) is 24.0. The highest BCUT2D eigenvalue weighted by atomic mass is 32.2. The van der Waals surface area contributed by atoms with Crippen LogP contribution in [0.1, 0.15) is 11.1 Å². The quantitative estimate of drug-likeness (QED) is 0.0808. The van der Waals surface area contributed by atoms with E-state index in [2.05, 4.69) is 147 Å². The van der Waals surface area contributed by atoms with Gasteiger partial charge in [-0.1, -0.05) is 12.1 Å².